The van der Waals surface area contributed by atoms with Gasteiger partial charge in [-0.25, -0.2) is 0 Å². The number of hydrogen-bond acceptors (Lipinski definition) is 4. The van der Waals surface area contributed by atoms with Crippen LogP contribution < -0.4 is 9.47 Å². The molecule has 0 aliphatic carbocycles. The predicted octanol–water partition coefficient (Wildman–Crippen LogP) is 3.11. The maximum Gasteiger partial charge on any atom is 0.194 e. The van der Waals surface area contributed by atoms with Crippen LogP contribution in [0.5, 0.6) is 11.5 Å². The lowest BCUT2D eigenvalue weighted by Gasteiger charge is -2.10. The lowest BCUT2D eigenvalue weighted by molar-refractivity contribution is 0.103. The van der Waals surface area contributed by atoms with Crippen molar-refractivity contribution in [3.63, 3.8) is 0 Å². The zero-order chi connectivity index (χ0) is 14.5. The molecule has 0 saturated carbocycles. The normalized spacial score (nSPS) is 10.4. The van der Waals surface area contributed by atoms with Crippen LogP contribution in [0.1, 0.15) is 29.8 Å². The van der Waals surface area contributed by atoms with E-state index in [0.717, 1.165) is 0 Å². The summed E-state index contributed by atoms with van der Waals surface area (Å²) in [6.45, 7) is 3.89. The van der Waals surface area contributed by atoms with Crippen LogP contribution in [0.3, 0.4) is 0 Å². The molecule has 1 aromatic heterocycles. The first-order valence-electron chi connectivity index (χ1n) is 6.40. The number of nitrogens with zero attached hydrogens (tertiary/aromatic N) is 1. The lowest BCUT2D eigenvalue weighted by atomic mass is 10.0. The number of ether oxygens (including phenoxy) is 2. The molecule has 104 valence electrons. The maximum atomic E-state index is 12.4. The second kappa shape index (κ2) is 6.19. The van der Waals surface area contributed by atoms with Gasteiger partial charge in [-0.15, -0.1) is 0 Å². The summed E-state index contributed by atoms with van der Waals surface area (Å²) < 4.78 is 10.7. The van der Waals surface area contributed by atoms with Crippen LogP contribution in [0.15, 0.2) is 42.7 Å². The Bertz CT molecular complexity index is 608. The Labute approximate surface area is 118 Å². The summed E-state index contributed by atoms with van der Waals surface area (Å²) in [5.74, 6) is 1.14. The van der Waals surface area contributed by atoms with Gasteiger partial charge in [-0.1, -0.05) is 12.1 Å². The number of benzene rings is 1. The van der Waals surface area contributed by atoms with E-state index in [4.69, 9.17) is 9.47 Å². The fraction of sp³-hybridized carbons (Fsp3) is 0.250. The molecule has 1 heterocycles. The van der Waals surface area contributed by atoms with E-state index in [1.807, 2.05) is 19.9 Å². The van der Waals surface area contributed by atoms with Gasteiger partial charge in [0.1, 0.15) is 11.5 Å². The number of carbonyl (C=O) groups is 1. The van der Waals surface area contributed by atoms with Crippen molar-refractivity contribution in [3.05, 3.63) is 53.9 Å². The van der Waals surface area contributed by atoms with Crippen molar-refractivity contribution in [2.75, 3.05) is 7.11 Å². The number of aromatic nitrogens is 1. The summed E-state index contributed by atoms with van der Waals surface area (Å²) in [5, 5.41) is 0. The zero-order valence-corrected chi connectivity index (χ0v) is 11.8. The van der Waals surface area contributed by atoms with Crippen LogP contribution in [0.4, 0.5) is 0 Å². The van der Waals surface area contributed by atoms with Crippen molar-refractivity contribution in [1.82, 2.24) is 4.98 Å². The molecule has 0 spiro atoms. The standard InChI is InChI=1S/C16H17NO3/c1-11(2)20-14-6-4-5-12(7-14)16(18)13-8-15(19-3)10-17-9-13/h4-11H,1-3H3. The molecule has 4 nitrogen and oxygen atoms in total. The molecule has 0 radical (unpaired) electrons. The molecule has 1 aromatic carbocycles. The van der Waals surface area contributed by atoms with Crippen LogP contribution in [0, 0.1) is 0 Å². The molecule has 0 aliphatic heterocycles. The first-order valence-corrected chi connectivity index (χ1v) is 6.40. The van der Waals surface area contributed by atoms with Gasteiger partial charge in [0.05, 0.1) is 19.4 Å². The summed E-state index contributed by atoms with van der Waals surface area (Å²) in [6, 6.07) is 8.81. The highest BCUT2D eigenvalue weighted by Crippen LogP contribution is 2.19. The first kappa shape index (κ1) is 14.1. The van der Waals surface area contributed by atoms with Crippen molar-refractivity contribution in [2.45, 2.75) is 20.0 Å². The fourth-order valence-electron chi connectivity index (χ4n) is 1.80. The molecule has 4 heteroatoms. The van der Waals surface area contributed by atoms with E-state index in [9.17, 15) is 4.79 Å². The first-order chi connectivity index (χ1) is 9.60. The van der Waals surface area contributed by atoms with Crippen molar-refractivity contribution >= 4 is 5.78 Å². The van der Waals surface area contributed by atoms with Gasteiger partial charge in [-0.3, -0.25) is 9.78 Å². The van der Waals surface area contributed by atoms with Gasteiger partial charge in [-0.2, -0.15) is 0 Å². The maximum absolute atomic E-state index is 12.4. The largest absolute Gasteiger partial charge is 0.495 e. The average Bonchev–Trinajstić information content (AvgIpc) is 2.46. The minimum absolute atomic E-state index is 0.0684. The predicted molar refractivity (Wildman–Crippen MR) is 76.4 cm³/mol. The molecular weight excluding hydrogens is 254 g/mol. The van der Waals surface area contributed by atoms with Crippen molar-refractivity contribution in [1.29, 1.82) is 0 Å². The van der Waals surface area contributed by atoms with Crippen LogP contribution in [0.2, 0.25) is 0 Å². The Morgan fingerprint density at radius 3 is 2.55 bits per heavy atom. The number of ketones is 1. The molecule has 2 aromatic rings. The number of pyridine rings is 1. The Morgan fingerprint density at radius 1 is 1.10 bits per heavy atom. The second-order valence-corrected chi connectivity index (χ2v) is 4.64. The lowest BCUT2D eigenvalue weighted by Crippen LogP contribution is -2.07. The molecule has 0 N–H and O–H groups in total. The minimum atomic E-state index is -0.106. The van der Waals surface area contributed by atoms with Gasteiger partial charge in [0.25, 0.3) is 0 Å². The number of hydrogen-bond donors (Lipinski definition) is 0. The zero-order valence-electron chi connectivity index (χ0n) is 11.8. The Kier molecular flexibility index (Phi) is 4.35. The third-order valence-corrected chi connectivity index (χ3v) is 2.68. The third-order valence-electron chi connectivity index (χ3n) is 2.68. The van der Waals surface area contributed by atoms with E-state index in [-0.39, 0.29) is 11.9 Å². The Morgan fingerprint density at radius 2 is 1.85 bits per heavy atom. The summed E-state index contributed by atoms with van der Waals surface area (Å²) in [5.41, 5.74) is 1.06. The van der Waals surface area contributed by atoms with E-state index < -0.39 is 0 Å². The van der Waals surface area contributed by atoms with Crippen molar-refractivity contribution < 1.29 is 14.3 Å². The van der Waals surface area contributed by atoms with Crippen molar-refractivity contribution in [2.24, 2.45) is 0 Å². The van der Waals surface area contributed by atoms with Gasteiger partial charge in [0.15, 0.2) is 5.78 Å². The summed E-state index contributed by atoms with van der Waals surface area (Å²) in [4.78, 5) is 16.4. The van der Waals surface area contributed by atoms with E-state index in [1.165, 1.54) is 6.20 Å². The summed E-state index contributed by atoms with van der Waals surface area (Å²) in [6.07, 6.45) is 3.16. The van der Waals surface area contributed by atoms with Crippen LogP contribution in [0.25, 0.3) is 0 Å². The van der Waals surface area contributed by atoms with Crippen LogP contribution in [-0.4, -0.2) is 24.0 Å². The summed E-state index contributed by atoms with van der Waals surface area (Å²) in [7, 11) is 1.54. The molecule has 0 amide bonds. The molecule has 2 rings (SSSR count). The second-order valence-electron chi connectivity index (χ2n) is 4.64. The molecule has 0 atom stereocenters. The van der Waals surface area contributed by atoms with Gasteiger partial charge >= 0.3 is 0 Å². The Balaban J connectivity index is 2.28. The molecule has 0 saturated heterocycles. The molecule has 0 bridgehead atoms. The topological polar surface area (TPSA) is 48.4 Å². The van der Waals surface area contributed by atoms with Gasteiger partial charge in [-0.05, 0) is 32.0 Å². The van der Waals surface area contributed by atoms with Crippen molar-refractivity contribution in [3.8, 4) is 11.5 Å². The van der Waals surface area contributed by atoms with Crippen LogP contribution in [-0.2, 0) is 0 Å². The third kappa shape index (κ3) is 3.35. The van der Waals surface area contributed by atoms with E-state index in [0.29, 0.717) is 22.6 Å². The smallest absolute Gasteiger partial charge is 0.194 e. The quantitative estimate of drug-likeness (QED) is 0.784. The Hall–Kier alpha value is -2.36. The number of rotatable bonds is 5. The highest BCUT2D eigenvalue weighted by Gasteiger charge is 2.11. The number of carbonyl (C=O) groups excluding carboxylic acids is 1. The molecule has 0 unspecified atom stereocenters. The SMILES string of the molecule is COc1cncc(C(=O)c2cccc(OC(C)C)c2)c1. The van der Waals surface area contributed by atoms with E-state index in [1.54, 1.807) is 37.6 Å². The van der Waals surface area contributed by atoms with E-state index >= 15 is 0 Å². The average molecular weight is 271 g/mol. The highest BCUT2D eigenvalue weighted by molar-refractivity contribution is 6.09. The number of methoxy groups -OCH3 is 1. The fourth-order valence-corrected chi connectivity index (χ4v) is 1.80. The van der Waals surface area contributed by atoms with Gasteiger partial charge in [0.2, 0.25) is 0 Å². The van der Waals surface area contributed by atoms with E-state index in [2.05, 4.69) is 4.98 Å². The molecule has 20 heavy (non-hydrogen) atoms. The summed E-state index contributed by atoms with van der Waals surface area (Å²) >= 11 is 0. The minimum Gasteiger partial charge on any atom is -0.495 e. The van der Waals surface area contributed by atoms with Gasteiger partial charge in [0, 0.05) is 17.3 Å². The molecule has 0 fully saturated rings. The molecule has 0 aliphatic rings. The molecular formula is C16H17NO3. The monoisotopic (exact) mass is 271 g/mol. The highest BCUT2D eigenvalue weighted by atomic mass is 16.5. The van der Waals surface area contributed by atoms with Crippen LogP contribution >= 0.6 is 0 Å². The van der Waals surface area contributed by atoms with Gasteiger partial charge < -0.3 is 9.47 Å².